The first-order valence-corrected chi connectivity index (χ1v) is 9.74. The van der Waals surface area contributed by atoms with E-state index in [0.29, 0.717) is 11.1 Å². The van der Waals surface area contributed by atoms with E-state index in [1.807, 2.05) is 64.1 Å². The van der Waals surface area contributed by atoms with E-state index >= 15 is 0 Å². The highest BCUT2D eigenvalue weighted by atomic mass is 35.5. The molecule has 0 saturated heterocycles. The zero-order valence-electron chi connectivity index (χ0n) is 18.9. The molecule has 3 nitrogen and oxygen atoms in total. The molecule has 0 radical (unpaired) electrons. The van der Waals surface area contributed by atoms with E-state index < -0.39 is 0 Å². The Morgan fingerprint density at radius 3 is 1.06 bits per heavy atom. The van der Waals surface area contributed by atoms with Crippen LogP contribution in [0.2, 0.25) is 0 Å². The van der Waals surface area contributed by atoms with Crippen LogP contribution in [-0.2, 0) is 0 Å². The molecule has 0 spiro atoms. The number of aromatic nitrogens is 2. The molecule has 0 saturated carbocycles. The molecule has 0 bridgehead atoms. The Hall–Kier alpha value is -2.86. The summed E-state index contributed by atoms with van der Waals surface area (Å²) in [5.41, 5.74) is 6.68. The van der Waals surface area contributed by atoms with Gasteiger partial charge < -0.3 is 5.48 Å². The fourth-order valence-electron chi connectivity index (χ4n) is 3.37. The molecule has 176 valence electrons. The highest BCUT2D eigenvalue weighted by molar-refractivity contribution is 5.85. The van der Waals surface area contributed by atoms with Gasteiger partial charge in [0.25, 0.3) is 0 Å². The van der Waals surface area contributed by atoms with Crippen molar-refractivity contribution in [3.8, 4) is 22.3 Å². The van der Waals surface area contributed by atoms with E-state index in [9.17, 15) is 8.78 Å². The van der Waals surface area contributed by atoms with E-state index in [-0.39, 0.29) is 41.9 Å². The van der Waals surface area contributed by atoms with E-state index in [1.165, 1.54) is 12.1 Å². The lowest BCUT2D eigenvalue weighted by molar-refractivity contribution is 0.631. The van der Waals surface area contributed by atoms with E-state index in [0.717, 1.165) is 33.9 Å². The molecule has 7 heteroatoms. The molecule has 2 N–H and O–H groups in total. The second-order valence-electron chi connectivity index (χ2n) is 7.24. The quantitative estimate of drug-likeness (QED) is 0.301. The molecule has 0 aliphatic heterocycles. The van der Waals surface area contributed by atoms with Gasteiger partial charge in [-0.2, -0.15) is 0 Å². The Morgan fingerprint density at radius 2 is 0.788 bits per heavy atom. The van der Waals surface area contributed by atoms with Gasteiger partial charge in [-0.1, -0.05) is 36.4 Å². The van der Waals surface area contributed by atoms with Crippen LogP contribution in [0.3, 0.4) is 0 Å². The van der Waals surface area contributed by atoms with Gasteiger partial charge in [-0.3, -0.25) is 9.97 Å². The molecule has 0 unspecified atom stereocenters. The zero-order valence-corrected chi connectivity index (χ0v) is 20.5. The molecule has 33 heavy (non-hydrogen) atoms. The van der Waals surface area contributed by atoms with Gasteiger partial charge in [-0.05, 0) is 75.2 Å². The summed E-state index contributed by atoms with van der Waals surface area (Å²) in [6, 6.07) is 21.1. The van der Waals surface area contributed by atoms with E-state index in [2.05, 4.69) is 9.97 Å². The third-order valence-corrected chi connectivity index (χ3v) is 4.53. The van der Waals surface area contributed by atoms with Crippen molar-refractivity contribution in [2.45, 2.75) is 27.7 Å². The van der Waals surface area contributed by atoms with Gasteiger partial charge in [-0.15, -0.1) is 24.8 Å². The molecule has 0 fully saturated rings. The second-order valence-corrected chi connectivity index (χ2v) is 7.24. The Balaban J connectivity index is 0.000000569. The summed E-state index contributed by atoms with van der Waals surface area (Å²) in [7, 11) is 0. The summed E-state index contributed by atoms with van der Waals surface area (Å²) < 4.78 is 27.0. The first-order valence-electron chi connectivity index (χ1n) is 9.74. The van der Waals surface area contributed by atoms with Crippen molar-refractivity contribution in [2.24, 2.45) is 0 Å². The van der Waals surface area contributed by atoms with Gasteiger partial charge >= 0.3 is 0 Å². The van der Waals surface area contributed by atoms with Crippen LogP contribution in [0.25, 0.3) is 22.3 Å². The number of rotatable bonds is 2. The van der Waals surface area contributed by atoms with Crippen molar-refractivity contribution < 1.29 is 14.3 Å². The van der Waals surface area contributed by atoms with Crippen LogP contribution in [-0.4, -0.2) is 15.4 Å². The lowest BCUT2D eigenvalue weighted by Gasteiger charge is -2.05. The molecule has 2 aromatic carbocycles. The van der Waals surface area contributed by atoms with Crippen molar-refractivity contribution in [1.29, 1.82) is 0 Å². The lowest BCUT2D eigenvalue weighted by Crippen LogP contribution is -1.90. The highest BCUT2D eigenvalue weighted by Crippen LogP contribution is 2.24. The number of benzene rings is 2. The third kappa shape index (κ3) is 8.21. The van der Waals surface area contributed by atoms with Crippen LogP contribution in [0.4, 0.5) is 8.78 Å². The van der Waals surface area contributed by atoms with Gasteiger partial charge in [0.05, 0.1) is 0 Å². The van der Waals surface area contributed by atoms with Gasteiger partial charge in [0, 0.05) is 33.9 Å². The summed E-state index contributed by atoms with van der Waals surface area (Å²) >= 11 is 0. The topological polar surface area (TPSA) is 57.3 Å². The van der Waals surface area contributed by atoms with Crippen LogP contribution in [0, 0.1) is 39.3 Å². The van der Waals surface area contributed by atoms with Gasteiger partial charge in [0.15, 0.2) is 0 Å². The van der Waals surface area contributed by atoms with Crippen LogP contribution >= 0.6 is 24.8 Å². The number of aryl methyl sites for hydroxylation is 4. The molecular weight excluding hydrogens is 465 g/mol. The van der Waals surface area contributed by atoms with Crippen molar-refractivity contribution in [3.05, 3.63) is 107 Å². The van der Waals surface area contributed by atoms with Crippen LogP contribution in [0.1, 0.15) is 22.8 Å². The predicted molar refractivity (Wildman–Crippen MR) is 136 cm³/mol. The third-order valence-electron chi connectivity index (χ3n) is 4.53. The van der Waals surface area contributed by atoms with E-state index in [1.54, 1.807) is 24.3 Å². The van der Waals surface area contributed by atoms with Crippen LogP contribution in [0.5, 0.6) is 0 Å². The van der Waals surface area contributed by atoms with Gasteiger partial charge in [-0.25, -0.2) is 8.78 Å². The number of pyridine rings is 2. The van der Waals surface area contributed by atoms with Crippen molar-refractivity contribution >= 4 is 24.8 Å². The maximum Gasteiger partial charge on any atom is 0.131 e. The van der Waals surface area contributed by atoms with Crippen molar-refractivity contribution in [2.75, 3.05) is 0 Å². The second kappa shape index (κ2) is 13.6. The van der Waals surface area contributed by atoms with Crippen molar-refractivity contribution in [1.82, 2.24) is 9.97 Å². The molecule has 4 aromatic rings. The van der Waals surface area contributed by atoms with Gasteiger partial charge in [0.1, 0.15) is 11.6 Å². The molecule has 2 aromatic heterocycles. The average molecular weight is 493 g/mol. The lowest BCUT2D eigenvalue weighted by atomic mass is 10.0. The summed E-state index contributed by atoms with van der Waals surface area (Å²) in [5.74, 6) is -0.384. The van der Waals surface area contributed by atoms with Crippen molar-refractivity contribution in [3.63, 3.8) is 0 Å². The minimum Gasteiger partial charge on any atom is -0.412 e. The Labute approximate surface area is 206 Å². The predicted octanol–water partition coefficient (Wildman–Crippen LogP) is 7.03. The fourth-order valence-corrected chi connectivity index (χ4v) is 3.37. The first kappa shape index (κ1) is 30.1. The largest absolute Gasteiger partial charge is 0.412 e. The number of hydrogen-bond donors (Lipinski definition) is 0. The SMILES string of the molecule is Cc1cc(-c2ccccc2F)cc(C)n1.Cc1cc(-c2ccccc2F)cc(C)n1.Cl.Cl.O. The molecule has 0 aliphatic rings. The minimum absolute atomic E-state index is 0. The molecular formula is C26H28Cl2F2N2O. The zero-order chi connectivity index (χ0) is 21.7. The van der Waals surface area contributed by atoms with Crippen LogP contribution in [0.15, 0.2) is 72.8 Å². The summed E-state index contributed by atoms with van der Waals surface area (Å²) in [6.45, 7) is 7.66. The smallest absolute Gasteiger partial charge is 0.131 e. The Morgan fingerprint density at radius 1 is 0.515 bits per heavy atom. The molecule has 0 amide bonds. The fraction of sp³-hybridized carbons (Fsp3) is 0.154. The standard InChI is InChI=1S/2C13H12FN.2ClH.H2O/c2*1-9-7-11(8-10(2)15-9)12-5-3-4-6-13(12)14;;;/h2*3-8H,1-2H3;2*1H;1H2. The maximum absolute atomic E-state index is 13.5. The summed E-state index contributed by atoms with van der Waals surface area (Å²) in [6.07, 6.45) is 0. The average Bonchev–Trinajstić information content (AvgIpc) is 2.68. The molecule has 4 rings (SSSR count). The molecule has 0 aliphatic carbocycles. The monoisotopic (exact) mass is 492 g/mol. The summed E-state index contributed by atoms with van der Waals surface area (Å²) in [5, 5.41) is 0. The minimum atomic E-state index is -0.192. The Bertz CT molecular complexity index is 1050. The first-order chi connectivity index (χ1) is 14.3. The van der Waals surface area contributed by atoms with E-state index in [4.69, 9.17) is 0 Å². The highest BCUT2D eigenvalue weighted by Gasteiger charge is 2.06. The number of nitrogens with zero attached hydrogens (tertiary/aromatic N) is 2. The number of halogens is 4. The van der Waals surface area contributed by atoms with Crippen LogP contribution < -0.4 is 0 Å². The Kier molecular flexibility index (Phi) is 12.5. The molecule has 0 atom stereocenters. The maximum atomic E-state index is 13.5. The molecule has 2 heterocycles. The van der Waals surface area contributed by atoms with Gasteiger partial charge in [0.2, 0.25) is 0 Å². The normalized spacial score (nSPS) is 9.39. The number of hydrogen-bond acceptors (Lipinski definition) is 2. The summed E-state index contributed by atoms with van der Waals surface area (Å²) in [4.78, 5) is 8.53.